The smallest absolute Gasteiger partial charge is 0.191 e. The Morgan fingerprint density at radius 3 is 2.38 bits per heavy atom. The van der Waals surface area contributed by atoms with Crippen LogP contribution in [-0.4, -0.2) is 32.1 Å². The predicted molar refractivity (Wildman–Crippen MR) is 103 cm³/mol. The van der Waals surface area contributed by atoms with Gasteiger partial charge in [-0.1, -0.05) is 31.9 Å². The van der Waals surface area contributed by atoms with Crippen molar-refractivity contribution < 1.29 is 0 Å². The second-order valence-electron chi connectivity index (χ2n) is 7.39. The van der Waals surface area contributed by atoms with Crippen molar-refractivity contribution in [2.24, 2.45) is 10.9 Å². The van der Waals surface area contributed by atoms with Gasteiger partial charge in [0.15, 0.2) is 5.96 Å². The molecule has 1 aliphatic heterocycles. The first kappa shape index (κ1) is 17.1. The lowest BCUT2D eigenvalue weighted by Crippen LogP contribution is -2.41. The minimum Gasteiger partial charge on any atom is -0.372 e. The van der Waals surface area contributed by atoms with Crippen LogP contribution >= 0.6 is 0 Å². The Hall–Kier alpha value is -1.71. The zero-order valence-corrected chi connectivity index (χ0v) is 15.2. The fourth-order valence-corrected chi connectivity index (χ4v) is 3.74. The molecule has 2 aliphatic rings. The molecule has 4 nitrogen and oxygen atoms in total. The Kier molecular flexibility index (Phi) is 6.00. The van der Waals surface area contributed by atoms with Crippen LogP contribution in [0.3, 0.4) is 0 Å². The predicted octanol–water partition coefficient (Wildman–Crippen LogP) is 3.53. The van der Waals surface area contributed by atoms with E-state index in [4.69, 9.17) is 0 Å². The summed E-state index contributed by atoms with van der Waals surface area (Å²) in [6, 6.07) is 9.60. The molecule has 24 heavy (non-hydrogen) atoms. The van der Waals surface area contributed by atoms with Crippen molar-refractivity contribution in [3.8, 4) is 0 Å². The van der Waals surface area contributed by atoms with Crippen LogP contribution in [0, 0.1) is 5.92 Å². The standard InChI is InChI=1S/C20H32N4/c1-16-11-13-24(14-12-16)19-9-7-17(8-10-19)15-22-20(21-2)23-18-5-3-4-6-18/h7-10,16,18H,3-6,11-15H2,1-2H3,(H2,21,22,23). The quantitative estimate of drug-likeness (QED) is 0.656. The first-order valence-corrected chi connectivity index (χ1v) is 9.55. The van der Waals surface area contributed by atoms with Crippen molar-refractivity contribution in [1.29, 1.82) is 0 Å². The lowest BCUT2D eigenvalue weighted by Gasteiger charge is -2.32. The van der Waals surface area contributed by atoms with Gasteiger partial charge in [-0.25, -0.2) is 0 Å². The molecular formula is C20H32N4. The Labute approximate surface area is 146 Å². The van der Waals surface area contributed by atoms with E-state index in [0.29, 0.717) is 6.04 Å². The van der Waals surface area contributed by atoms with Crippen molar-refractivity contribution in [1.82, 2.24) is 10.6 Å². The molecule has 0 amide bonds. The molecule has 1 saturated heterocycles. The molecule has 1 aromatic carbocycles. The van der Waals surface area contributed by atoms with Crippen molar-refractivity contribution in [2.45, 2.75) is 58.0 Å². The van der Waals surface area contributed by atoms with Crippen LogP contribution < -0.4 is 15.5 Å². The molecule has 0 radical (unpaired) electrons. The van der Waals surface area contributed by atoms with Gasteiger partial charge in [0.1, 0.15) is 0 Å². The molecule has 3 rings (SSSR count). The largest absolute Gasteiger partial charge is 0.372 e. The summed E-state index contributed by atoms with van der Waals surface area (Å²) in [5, 5.41) is 6.98. The molecule has 1 heterocycles. The highest BCUT2D eigenvalue weighted by molar-refractivity contribution is 5.80. The minimum absolute atomic E-state index is 0.597. The summed E-state index contributed by atoms with van der Waals surface area (Å²) in [4.78, 5) is 6.86. The molecule has 1 saturated carbocycles. The number of hydrogen-bond acceptors (Lipinski definition) is 2. The molecule has 0 atom stereocenters. The molecule has 0 aromatic heterocycles. The number of nitrogens with one attached hydrogen (secondary N) is 2. The zero-order valence-electron chi connectivity index (χ0n) is 15.2. The molecule has 132 valence electrons. The first-order valence-electron chi connectivity index (χ1n) is 9.55. The van der Waals surface area contributed by atoms with E-state index >= 15 is 0 Å². The van der Waals surface area contributed by atoms with Crippen LogP contribution in [0.15, 0.2) is 29.3 Å². The van der Waals surface area contributed by atoms with Crippen LogP contribution in [0.2, 0.25) is 0 Å². The van der Waals surface area contributed by atoms with Gasteiger partial charge in [-0.15, -0.1) is 0 Å². The third-order valence-electron chi connectivity index (χ3n) is 5.46. The van der Waals surface area contributed by atoms with E-state index in [9.17, 15) is 0 Å². The van der Waals surface area contributed by atoms with Gasteiger partial charge in [0, 0.05) is 38.4 Å². The summed E-state index contributed by atoms with van der Waals surface area (Å²) in [7, 11) is 1.85. The van der Waals surface area contributed by atoms with Crippen molar-refractivity contribution in [2.75, 3.05) is 25.0 Å². The molecule has 1 aliphatic carbocycles. The summed E-state index contributed by atoms with van der Waals surface area (Å²) in [6.45, 7) is 5.57. The highest BCUT2D eigenvalue weighted by Crippen LogP contribution is 2.23. The fourth-order valence-electron chi connectivity index (χ4n) is 3.74. The van der Waals surface area contributed by atoms with Crippen LogP contribution in [0.25, 0.3) is 0 Å². The summed E-state index contributed by atoms with van der Waals surface area (Å²) in [5.74, 6) is 1.81. The highest BCUT2D eigenvalue weighted by Gasteiger charge is 2.17. The van der Waals surface area contributed by atoms with Crippen molar-refractivity contribution >= 4 is 11.6 Å². The second kappa shape index (κ2) is 8.41. The maximum atomic E-state index is 4.35. The number of nitrogens with zero attached hydrogens (tertiary/aromatic N) is 2. The minimum atomic E-state index is 0.597. The summed E-state index contributed by atoms with van der Waals surface area (Å²) in [6.07, 6.45) is 7.84. The fraction of sp³-hybridized carbons (Fsp3) is 0.650. The number of aliphatic imine (C=N–C) groups is 1. The zero-order chi connectivity index (χ0) is 16.8. The summed E-state index contributed by atoms with van der Waals surface area (Å²) < 4.78 is 0. The van der Waals surface area contributed by atoms with E-state index in [2.05, 4.69) is 51.7 Å². The molecule has 0 unspecified atom stereocenters. The van der Waals surface area contributed by atoms with Gasteiger partial charge in [0.25, 0.3) is 0 Å². The van der Waals surface area contributed by atoms with Gasteiger partial charge in [0.05, 0.1) is 0 Å². The number of benzene rings is 1. The first-order chi connectivity index (χ1) is 11.7. The van der Waals surface area contributed by atoms with Crippen LogP contribution in [0.5, 0.6) is 0 Å². The number of guanidine groups is 1. The summed E-state index contributed by atoms with van der Waals surface area (Å²) in [5.41, 5.74) is 2.66. The Balaban J connectivity index is 1.48. The van der Waals surface area contributed by atoms with Crippen LogP contribution in [-0.2, 0) is 6.54 Å². The molecule has 4 heteroatoms. The molecular weight excluding hydrogens is 296 g/mol. The lowest BCUT2D eigenvalue weighted by molar-refractivity contribution is 0.438. The third kappa shape index (κ3) is 4.65. The topological polar surface area (TPSA) is 39.7 Å². The van der Waals surface area contributed by atoms with Crippen molar-refractivity contribution in [3.05, 3.63) is 29.8 Å². The second-order valence-corrected chi connectivity index (χ2v) is 7.39. The normalized spacial score (nSPS) is 20.4. The number of anilines is 1. The van der Waals surface area contributed by atoms with Crippen LogP contribution in [0.1, 0.15) is 51.0 Å². The summed E-state index contributed by atoms with van der Waals surface area (Å²) >= 11 is 0. The van der Waals surface area contributed by atoms with E-state index in [-0.39, 0.29) is 0 Å². The van der Waals surface area contributed by atoms with Gasteiger partial charge < -0.3 is 15.5 Å². The molecule has 2 fully saturated rings. The maximum absolute atomic E-state index is 4.35. The van der Waals surface area contributed by atoms with Gasteiger partial charge in [-0.3, -0.25) is 4.99 Å². The van der Waals surface area contributed by atoms with E-state index in [1.807, 2.05) is 7.05 Å². The SMILES string of the molecule is CN=C(NCc1ccc(N2CCC(C)CC2)cc1)NC1CCCC1. The Morgan fingerprint density at radius 2 is 1.75 bits per heavy atom. The van der Waals surface area contributed by atoms with Gasteiger partial charge >= 0.3 is 0 Å². The van der Waals surface area contributed by atoms with Gasteiger partial charge in [-0.05, 0) is 49.3 Å². The van der Waals surface area contributed by atoms with Crippen molar-refractivity contribution in [3.63, 3.8) is 0 Å². The van der Waals surface area contributed by atoms with E-state index < -0.39 is 0 Å². The number of rotatable bonds is 4. The van der Waals surface area contributed by atoms with Gasteiger partial charge in [0.2, 0.25) is 0 Å². The molecule has 0 spiro atoms. The monoisotopic (exact) mass is 328 g/mol. The van der Waals surface area contributed by atoms with E-state index in [1.54, 1.807) is 0 Å². The molecule has 2 N–H and O–H groups in total. The molecule has 0 bridgehead atoms. The van der Waals surface area contributed by atoms with E-state index in [0.717, 1.165) is 18.4 Å². The number of piperidine rings is 1. The lowest BCUT2D eigenvalue weighted by atomic mass is 9.99. The maximum Gasteiger partial charge on any atom is 0.191 e. The third-order valence-corrected chi connectivity index (χ3v) is 5.46. The van der Waals surface area contributed by atoms with Crippen LogP contribution in [0.4, 0.5) is 5.69 Å². The average molecular weight is 329 g/mol. The Bertz CT molecular complexity index is 523. The Morgan fingerprint density at radius 1 is 1.08 bits per heavy atom. The molecule has 1 aromatic rings. The number of hydrogen-bond donors (Lipinski definition) is 2. The van der Waals surface area contributed by atoms with Gasteiger partial charge in [-0.2, -0.15) is 0 Å². The average Bonchev–Trinajstić information content (AvgIpc) is 3.13. The van der Waals surface area contributed by atoms with E-state index in [1.165, 1.54) is 62.9 Å². The highest BCUT2D eigenvalue weighted by atomic mass is 15.2.